The fourth-order valence-corrected chi connectivity index (χ4v) is 1.17. The Morgan fingerprint density at radius 1 is 1.29 bits per heavy atom. The van der Waals surface area contributed by atoms with Crippen molar-refractivity contribution in [3.8, 4) is 11.5 Å². The molecule has 0 aromatic heterocycles. The lowest BCUT2D eigenvalue weighted by Gasteiger charge is -2.08. The Bertz CT molecular complexity index is 530. The number of oxime groups is 1. The van der Waals surface area contributed by atoms with Crippen LogP contribution in [0, 0.1) is 0 Å². The molecule has 0 atom stereocenters. The van der Waals surface area contributed by atoms with Crippen molar-refractivity contribution in [1.29, 1.82) is 0 Å². The van der Waals surface area contributed by atoms with Gasteiger partial charge in [0.2, 0.25) is 5.75 Å². The van der Waals surface area contributed by atoms with Crippen LogP contribution in [-0.4, -0.2) is 39.1 Å². The van der Waals surface area contributed by atoms with Crippen LogP contribution in [0.5, 0.6) is 11.5 Å². The Labute approximate surface area is 120 Å². The highest BCUT2D eigenvalue weighted by Gasteiger charge is 2.12. The van der Waals surface area contributed by atoms with Gasteiger partial charge in [-0.25, -0.2) is 4.79 Å². The van der Waals surface area contributed by atoms with Crippen LogP contribution < -0.4 is 15.4 Å². The predicted molar refractivity (Wildman–Crippen MR) is 69.9 cm³/mol. The van der Waals surface area contributed by atoms with Gasteiger partial charge in [-0.2, -0.15) is 4.89 Å². The summed E-state index contributed by atoms with van der Waals surface area (Å²) in [6.07, 6.45) is 0.374. The van der Waals surface area contributed by atoms with Gasteiger partial charge in [0.25, 0.3) is 5.91 Å². The number of amides is 1. The van der Waals surface area contributed by atoms with Crippen LogP contribution in [0.4, 0.5) is 4.79 Å². The van der Waals surface area contributed by atoms with E-state index >= 15 is 0 Å². The van der Waals surface area contributed by atoms with Crippen molar-refractivity contribution in [3.05, 3.63) is 23.8 Å². The van der Waals surface area contributed by atoms with Gasteiger partial charge in [0.05, 0.1) is 20.4 Å². The molecule has 0 radical (unpaired) electrons. The highest BCUT2D eigenvalue weighted by molar-refractivity contribution is 5.81. The Kier molecular flexibility index (Phi) is 6.48. The highest BCUT2D eigenvalue weighted by atomic mass is 17.2. The van der Waals surface area contributed by atoms with Gasteiger partial charge in [-0.15, -0.1) is 0 Å². The molecule has 0 aliphatic carbocycles. The monoisotopic (exact) mass is 298 g/mol. The van der Waals surface area contributed by atoms with Crippen LogP contribution in [0.15, 0.2) is 23.4 Å². The van der Waals surface area contributed by atoms with Crippen LogP contribution >= 0.6 is 0 Å². The zero-order valence-electron chi connectivity index (χ0n) is 11.4. The van der Waals surface area contributed by atoms with Crippen molar-refractivity contribution in [1.82, 2.24) is 0 Å². The lowest BCUT2D eigenvalue weighted by Crippen LogP contribution is -2.16. The maximum absolute atomic E-state index is 11.1. The molecular weight excluding hydrogens is 284 g/mol. The van der Waals surface area contributed by atoms with Gasteiger partial charge < -0.3 is 24.9 Å². The minimum absolute atomic E-state index is 0.0579. The summed E-state index contributed by atoms with van der Waals surface area (Å²) in [7, 11) is 2.47. The summed E-state index contributed by atoms with van der Waals surface area (Å²) in [4.78, 5) is 35.5. The van der Waals surface area contributed by atoms with Crippen LogP contribution in [0.3, 0.4) is 0 Å². The molecule has 1 amide bonds. The fraction of sp³-hybridized carbons (Fsp3) is 0.250. The Hall–Kier alpha value is -2.81. The first-order chi connectivity index (χ1) is 10.1. The van der Waals surface area contributed by atoms with Crippen LogP contribution in [0.25, 0.3) is 0 Å². The number of primary amides is 1. The summed E-state index contributed by atoms with van der Waals surface area (Å²) in [5.74, 6) is -0.425. The third-order valence-corrected chi connectivity index (χ3v) is 1.98. The molecule has 0 saturated heterocycles. The second kappa shape index (κ2) is 8.38. The smallest absolute Gasteiger partial charge is 0.437 e. The summed E-state index contributed by atoms with van der Waals surface area (Å²) < 4.78 is 9.27. The van der Waals surface area contributed by atoms with Gasteiger partial charge in [-0.3, -0.25) is 4.79 Å². The number of benzene rings is 1. The van der Waals surface area contributed by atoms with E-state index in [0.717, 1.165) is 0 Å². The molecule has 114 valence electrons. The first kappa shape index (κ1) is 16.2. The summed E-state index contributed by atoms with van der Waals surface area (Å²) in [6, 6.07) is 4.51. The number of rotatable bonds is 7. The van der Waals surface area contributed by atoms with Gasteiger partial charge in [-0.1, -0.05) is 5.16 Å². The molecule has 9 heteroatoms. The number of hydrogen-bond donors (Lipinski definition) is 1. The maximum Gasteiger partial charge on any atom is 0.513 e. The molecule has 0 fully saturated rings. The third kappa shape index (κ3) is 5.78. The highest BCUT2D eigenvalue weighted by Crippen LogP contribution is 2.28. The second-order valence-electron chi connectivity index (χ2n) is 3.49. The van der Waals surface area contributed by atoms with E-state index in [1.807, 2.05) is 0 Å². The number of nitrogens with two attached hydrogens (primary N) is 1. The standard InChI is InChI=1S/C12H14N2O7/c1-17-12(16)20-10-5-8(3-4-9(10)21-18-2)6-14-19-7-11(13)15/h3-6H,7H2,1-2H3,(H2,13,15)/b14-6-. The predicted octanol–water partition coefficient (Wildman–Crippen LogP) is 0.608. The normalized spacial score (nSPS) is 10.2. The van der Waals surface area contributed by atoms with Crippen LogP contribution in [0.2, 0.25) is 0 Å². The van der Waals surface area contributed by atoms with Crippen molar-refractivity contribution in [2.75, 3.05) is 20.8 Å². The second-order valence-corrected chi connectivity index (χ2v) is 3.49. The number of ether oxygens (including phenoxy) is 2. The topological polar surface area (TPSA) is 119 Å². The zero-order chi connectivity index (χ0) is 15.7. The number of methoxy groups -OCH3 is 1. The molecule has 21 heavy (non-hydrogen) atoms. The summed E-state index contributed by atoms with van der Waals surface area (Å²) >= 11 is 0. The lowest BCUT2D eigenvalue weighted by atomic mass is 10.2. The molecule has 1 rings (SSSR count). The average Bonchev–Trinajstić information content (AvgIpc) is 2.46. The number of carbonyl (C=O) groups excluding carboxylic acids is 2. The molecule has 0 aliphatic rings. The number of hydrogen-bond acceptors (Lipinski definition) is 8. The molecule has 1 aromatic rings. The van der Waals surface area contributed by atoms with Crippen molar-refractivity contribution < 1.29 is 33.7 Å². The molecule has 9 nitrogen and oxygen atoms in total. The molecule has 0 heterocycles. The molecule has 0 aliphatic heterocycles. The van der Waals surface area contributed by atoms with Gasteiger partial charge >= 0.3 is 6.16 Å². The Morgan fingerprint density at radius 2 is 2.05 bits per heavy atom. The zero-order valence-corrected chi connectivity index (χ0v) is 11.4. The number of carbonyl (C=O) groups is 2. The van der Waals surface area contributed by atoms with E-state index in [1.54, 1.807) is 6.07 Å². The van der Waals surface area contributed by atoms with Gasteiger partial charge in [0.15, 0.2) is 12.4 Å². The van der Waals surface area contributed by atoms with Gasteiger partial charge in [-0.05, 0) is 18.2 Å². The van der Waals surface area contributed by atoms with E-state index in [9.17, 15) is 9.59 Å². The van der Waals surface area contributed by atoms with E-state index in [0.29, 0.717) is 5.56 Å². The molecule has 2 N–H and O–H groups in total. The minimum Gasteiger partial charge on any atom is -0.437 e. The van der Waals surface area contributed by atoms with Gasteiger partial charge in [0, 0.05) is 5.56 Å². The number of nitrogens with zero attached hydrogens (tertiary/aromatic N) is 1. The molecule has 1 aromatic carbocycles. The van der Waals surface area contributed by atoms with E-state index < -0.39 is 12.1 Å². The van der Waals surface area contributed by atoms with Crippen molar-refractivity contribution >= 4 is 18.3 Å². The largest absolute Gasteiger partial charge is 0.513 e. The Morgan fingerprint density at radius 3 is 2.67 bits per heavy atom. The summed E-state index contributed by atoms with van der Waals surface area (Å²) in [5, 5.41) is 3.53. The van der Waals surface area contributed by atoms with Crippen molar-refractivity contribution in [3.63, 3.8) is 0 Å². The SMILES string of the molecule is COOc1ccc(/C=N\OCC(N)=O)cc1OC(=O)OC. The third-order valence-electron chi connectivity index (χ3n) is 1.98. The van der Waals surface area contributed by atoms with Gasteiger partial charge in [0.1, 0.15) is 0 Å². The Balaban J connectivity index is 2.84. The van der Waals surface area contributed by atoms with E-state index in [4.69, 9.17) is 15.4 Å². The average molecular weight is 298 g/mol. The summed E-state index contributed by atoms with van der Waals surface area (Å²) in [5.41, 5.74) is 5.40. The minimum atomic E-state index is -0.921. The maximum atomic E-state index is 11.1. The summed E-state index contributed by atoms with van der Waals surface area (Å²) in [6.45, 7) is -0.340. The van der Waals surface area contributed by atoms with Crippen LogP contribution in [0.1, 0.15) is 5.56 Å². The fourth-order valence-electron chi connectivity index (χ4n) is 1.17. The molecule has 0 unspecified atom stereocenters. The van der Waals surface area contributed by atoms with E-state index in [1.165, 1.54) is 32.6 Å². The van der Waals surface area contributed by atoms with Crippen molar-refractivity contribution in [2.45, 2.75) is 0 Å². The van der Waals surface area contributed by atoms with Crippen molar-refractivity contribution in [2.24, 2.45) is 10.9 Å². The van der Waals surface area contributed by atoms with E-state index in [-0.39, 0.29) is 18.1 Å². The molecule has 0 bridgehead atoms. The first-order valence-electron chi connectivity index (χ1n) is 5.61. The first-order valence-corrected chi connectivity index (χ1v) is 5.61. The molecule has 0 saturated carbocycles. The molecule has 0 spiro atoms. The molecular formula is C12H14N2O7. The lowest BCUT2D eigenvalue weighted by molar-refractivity contribution is -0.179. The van der Waals surface area contributed by atoms with Crippen LogP contribution in [-0.2, 0) is 19.3 Å². The van der Waals surface area contributed by atoms with E-state index in [2.05, 4.69) is 19.6 Å². The quantitative estimate of drug-likeness (QED) is 0.257.